The summed E-state index contributed by atoms with van der Waals surface area (Å²) in [5.41, 5.74) is 6.60. The van der Waals surface area contributed by atoms with Gasteiger partial charge in [0, 0.05) is 11.8 Å². The van der Waals surface area contributed by atoms with Crippen LogP contribution in [0.4, 0.5) is 0 Å². The molecule has 1 atom stereocenters. The minimum absolute atomic E-state index is 0.0975. The third-order valence-electron chi connectivity index (χ3n) is 5.55. The van der Waals surface area contributed by atoms with E-state index in [1.807, 2.05) is 6.07 Å². The van der Waals surface area contributed by atoms with Crippen molar-refractivity contribution in [1.29, 1.82) is 0 Å². The summed E-state index contributed by atoms with van der Waals surface area (Å²) in [7, 11) is 0.559. The van der Waals surface area contributed by atoms with Gasteiger partial charge in [0.05, 0.1) is 0 Å². The minimum Gasteiger partial charge on any atom is -0.488 e. The van der Waals surface area contributed by atoms with Gasteiger partial charge >= 0.3 is 0 Å². The van der Waals surface area contributed by atoms with E-state index < -0.39 is 0 Å². The molecule has 2 nitrogen and oxygen atoms in total. The second-order valence-electron chi connectivity index (χ2n) is 9.21. The molecule has 3 aromatic carbocycles. The van der Waals surface area contributed by atoms with Gasteiger partial charge in [-0.15, -0.1) is 0 Å². The molecular weight excluding hydrogens is 397 g/mol. The smallest absolute Gasteiger partial charge is 0.130 e. The third-order valence-corrected chi connectivity index (χ3v) is 7.16. The van der Waals surface area contributed by atoms with Crippen molar-refractivity contribution >= 4 is 19.2 Å². The fraction of sp³-hybridized carbons (Fsp3) is 0.357. The van der Waals surface area contributed by atoms with Gasteiger partial charge in [-0.1, -0.05) is 90.9 Å². The van der Waals surface area contributed by atoms with Crippen LogP contribution in [0, 0.1) is 13.8 Å². The van der Waals surface area contributed by atoms with Crippen LogP contribution in [0.15, 0.2) is 60.7 Å². The first-order valence-electron chi connectivity index (χ1n) is 11.2. The monoisotopic (exact) mass is 433 g/mol. The molecule has 0 bridgehead atoms. The van der Waals surface area contributed by atoms with Crippen LogP contribution in [0.3, 0.4) is 0 Å². The van der Waals surface area contributed by atoms with Crippen molar-refractivity contribution < 1.29 is 4.74 Å². The molecule has 0 aliphatic rings. The fourth-order valence-electron chi connectivity index (χ4n) is 3.67. The molecule has 1 N–H and O–H groups in total. The fourth-order valence-corrected chi connectivity index (χ4v) is 5.16. The van der Waals surface area contributed by atoms with Crippen molar-refractivity contribution in [2.45, 2.75) is 60.1 Å². The Kier molecular flexibility index (Phi) is 7.92. The lowest BCUT2D eigenvalue weighted by Crippen LogP contribution is -2.22. The predicted molar refractivity (Wildman–Crippen MR) is 137 cm³/mol. The Morgan fingerprint density at radius 3 is 2.32 bits per heavy atom. The van der Waals surface area contributed by atoms with Crippen molar-refractivity contribution in [3.8, 4) is 5.75 Å². The van der Waals surface area contributed by atoms with E-state index in [9.17, 15) is 0 Å². The summed E-state index contributed by atoms with van der Waals surface area (Å²) in [6.07, 6.45) is 0. The maximum atomic E-state index is 6.45. The van der Waals surface area contributed by atoms with Crippen molar-refractivity contribution in [3.05, 3.63) is 88.5 Å². The molecule has 0 aromatic heterocycles. The normalized spacial score (nSPS) is 11.9. The first kappa shape index (κ1) is 23.5. The Morgan fingerprint density at radius 2 is 1.65 bits per heavy atom. The van der Waals surface area contributed by atoms with Gasteiger partial charge in [-0.3, -0.25) is 0 Å². The Hall–Kier alpha value is -2.15. The van der Waals surface area contributed by atoms with Gasteiger partial charge in [-0.25, -0.2) is 0 Å². The lowest BCUT2D eigenvalue weighted by molar-refractivity contribution is 0.306. The maximum Gasteiger partial charge on any atom is 0.130 e. The summed E-state index contributed by atoms with van der Waals surface area (Å²) in [5.74, 6) is 1.04. The second-order valence-corrected chi connectivity index (χ2v) is 10.5. The van der Waals surface area contributed by atoms with Crippen LogP contribution < -0.4 is 20.7 Å². The number of benzene rings is 3. The third kappa shape index (κ3) is 6.19. The lowest BCUT2D eigenvalue weighted by Gasteiger charge is -2.24. The van der Waals surface area contributed by atoms with Crippen LogP contribution in [-0.2, 0) is 18.6 Å². The Balaban J connectivity index is 2.02. The van der Waals surface area contributed by atoms with E-state index in [-0.39, 0.29) is 5.41 Å². The molecule has 0 heterocycles. The Morgan fingerprint density at radius 1 is 0.903 bits per heavy atom. The SMILES string of the molecule is CCNCc1cccc(C)c1Pc1cc(C(C)(C)C)cc(C)c1OCc1ccccc1. The highest BCUT2D eigenvalue weighted by Crippen LogP contribution is 2.32. The van der Waals surface area contributed by atoms with Crippen LogP contribution >= 0.6 is 8.58 Å². The zero-order chi connectivity index (χ0) is 22.4. The molecule has 0 aliphatic carbocycles. The molecule has 3 aromatic rings. The van der Waals surface area contributed by atoms with Crippen LogP contribution in [0.1, 0.15) is 55.5 Å². The minimum atomic E-state index is 0.0975. The zero-order valence-corrected chi connectivity index (χ0v) is 20.8. The van der Waals surface area contributed by atoms with Gasteiger partial charge in [0.15, 0.2) is 0 Å². The summed E-state index contributed by atoms with van der Waals surface area (Å²) in [6.45, 7) is 15.9. The van der Waals surface area contributed by atoms with E-state index in [4.69, 9.17) is 4.74 Å². The highest BCUT2D eigenvalue weighted by atomic mass is 31.1. The molecule has 3 heteroatoms. The van der Waals surface area contributed by atoms with Gasteiger partial charge in [-0.05, 0) is 65.0 Å². The zero-order valence-electron chi connectivity index (χ0n) is 19.8. The number of ether oxygens (including phenoxy) is 1. The van der Waals surface area contributed by atoms with E-state index in [1.165, 1.54) is 38.4 Å². The highest BCUT2D eigenvalue weighted by molar-refractivity contribution is 7.56. The van der Waals surface area contributed by atoms with Crippen molar-refractivity contribution in [1.82, 2.24) is 5.32 Å². The molecular formula is C28H36NOP. The van der Waals surface area contributed by atoms with Gasteiger partial charge in [0.1, 0.15) is 12.4 Å². The van der Waals surface area contributed by atoms with E-state index in [0.29, 0.717) is 15.2 Å². The molecule has 0 fully saturated rings. The second kappa shape index (κ2) is 10.4. The quantitative estimate of drug-likeness (QED) is 0.445. The summed E-state index contributed by atoms with van der Waals surface area (Å²) < 4.78 is 6.45. The van der Waals surface area contributed by atoms with Crippen molar-refractivity contribution in [3.63, 3.8) is 0 Å². The predicted octanol–water partition coefficient (Wildman–Crippen LogP) is 5.92. The molecule has 3 rings (SSSR count). The van der Waals surface area contributed by atoms with Crippen molar-refractivity contribution in [2.24, 2.45) is 0 Å². The van der Waals surface area contributed by atoms with Crippen LogP contribution in [0.25, 0.3) is 0 Å². The summed E-state index contributed by atoms with van der Waals surface area (Å²) in [5, 5.41) is 6.23. The highest BCUT2D eigenvalue weighted by Gasteiger charge is 2.20. The maximum absolute atomic E-state index is 6.45. The molecule has 1 unspecified atom stereocenters. The molecule has 0 spiro atoms. The van der Waals surface area contributed by atoms with Crippen LogP contribution in [0.2, 0.25) is 0 Å². The number of nitrogens with one attached hydrogen (secondary N) is 1. The van der Waals surface area contributed by atoms with E-state index in [0.717, 1.165) is 18.8 Å². The Bertz CT molecular complexity index is 1010. The number of hydrogen-bond donors (Lipinski definition) is 1. The molecule has 0 aliphatic heterocycles. The van der Waals surface area contributed by atoms with E-state index in [2.05, 4.69) is 101 Å². The largest absolute Gasteiger partial charge is 0.488 e. The van der Waals surface area contributed by atoms with Gasteiger partial charge < -0.3 is 10.1 Å². The standard InChI is InChI=1S/C28H36NOP/c1-7-29-18-23-15-11-12-20(2)27(23)31-25-17-24(28(4,5)6)16-21(3)26(25)30-19-22-13-9-8-10-14-22/h8-17,29,31H,7,18-19H2,1-6H3. The average molecular weight is 434 g/mol. The van der Waals surface area contributed by atoms with Gasteiger partial charge in [0.25, 0.3) is 0 Å². The summed E-state index contributed by atoms with van der Waals surface area (Å²) in [4.78, 5) is 0. The molecule has 31 heavy (non-hydrogen) atoms. The number of aryl methyl sites for hydroxylation is 2. The van der Waals surface area contributed by atoms with Crippen LogP contribution in [0.5, 0.6) is 5.75 Å². The molecule has 0 radical (unpaired) electrons. The molecule has 0 saturated carbocycles. The van der Waals surface area contributed by atoms with Gasteiger partial charge in [0.2, 0.25) is 0 Å². The summed E-state index contributed by atoms with van der Waals surface area (Å²) in [6, 6.07) is 21.7. The van der Waals surface area contributed by atoms with Crippen molar-refractivity contribution in [2.75, 3.05) is 6.54 Å². The average Bonchev–Trinajstić information content (AvgIpc) is 2.73. The molecule has 0 amide bonds. The first-order valence-corrected chi connectivity index (χ1v) is 12.2. The molecule has 0 saturated heterocycles. The number of hydrogen-bond acceptors (Lipinski definition) is 2. The summed E-state index contributed by atoms with van der Waals surface area (Å²) >= 11 is 0. The topological polar surface area (TPSA) is 21.3 Å². The first-order chi connectivity index (χ1) is 14.8. The van der Waals surface area contributed by atoms with Gasteiger partial charge in [-0.2, -0.15) is 0 Å². The Labute approximate surface area is 190 Å². The van der Waals surface area contributed by atoms with Crippen LogP contribution in [-0.4, -0.2) is 6.54 Å². The van der Waals surface area contributed by atoms with E-state index >= 15 is 0 Å². The molecule has 164 valence electrons. The number of rotatable bonds is 8. The van der Waals surface area contributed by atoms with E-state index in [1.54, 1.807) is 0 Å². The lowest BCUT2D eigenvalue weighted by atomic mass is 9.86.